The number of hydrogen-bond acceptors (Lipinski definition) is 7. The molecular weight excluding hydrogens is 342 g/mol. The molecule has 138 valence electrons. The molecule has 0 amide bonds. The Hall–Kier alpha value is -3.35. The van der Waals surface area contributed by atoms with E-state index in [1.807, 2.05) is 36.4 Å². The second-order valence-electron chi connectivity index (χ2n) is 7.28. The van der Waals surface area contributed by atoms with Crippen molar-refractivity contribution in [2.24, 2.45) is 0 Å². The number of nitrogens with zero attached hydrogens (tertiary/aromatic N) is 3. The van der Waals surface area contributed by atoms with Crippen LogP contribution in [-0.4, -0.2) is 22.0 Å². The minimum Gasteiger partial charge on any atom is -0.454 e. The molecule has 0 radical (unpaired) electrons. The maximum Gasteiger partial charge on any atom is 0.249 e. The van der Waals surface area contributed by atoms with Crippen LogP contribution in [0.3, 0.4) is 0 Å². The van der Waals surface area contributed by atoms with Gasteiger partial charge in [-0.2, -0.15) is 10.1 Å². The molecule has 1 aliphatic rings. The molecule has 4 rings (SSSR count). The fourth-order valence-corrected chi connectivity index (χ4v) is 2.90. The first-order valence-corrected chi connectivity index (χ1v) is 8.72. The number of hydrogen-bond donors (Lipinski definition) is 2. The van der Waals surface area contributed by atoms with Crippen molar-refractivity contribution in [1.82, 2.24) is 15.2 Å². The van der Waals surface area contributed by atoms with Crippen molar-refractivity contribution >= 4 is 23.1 Å². The van der Waals surface area contributed by atoms with E-state index in [0.29, 0.717) is 17.5 Å². The van der Waals surface area contributed by atoms with Crippen molar-refractivity contribution in [3.63, 3.8) is 0 Å². The molecule has 1 aromatic heterocycles. The molecule has 0 bridgehead atoms. The molecule has 7 nitrogen and oxygen atoms in total. The summed E-state index contributed by atoms with van der Waals surface area (Å²) in [5, 5.41) is 14.6. The summed E-state index contributed by atoms with van der Waals surface area (Å²) < 4.78 is 10.7. The van der Waals surface area contributed by atoms with Crippen LogP contribution in [0.5, 0.6) is 11.5 Å². The lowest BCUT2D eigenvalue weighted by Gasteiger charge is -2.23. The Morgan fingerprint density at radius 3 is 2.63 bits per heavy atom. The summed E-state index contributed by atoms with van der Waals surface area (Å²) in [5.41, 5.74) is 3.01. The lowest BCUT2D eigenvalue weighted by molar-refractivity contribution is 0.174. The van der Waals surface area contributed by atoms with Crippen LogP contribution in [-0.2, 0) is 5.41 Å². The van der Waals surface area contributed by atoms with Crippen LogP contribution in [0.25, 0.3) is 0 Å². The predicted molar refractivity (Wildman–Crippen MR) is 104 cm³/mol. The van der Waals surface area contributed by atoms with Gasteiger partial charge in [-0.25, -0.2) is 0 Å². The zero-order chi connectivity index (χ0) is 18.9. The molecule has 1 aliphatic heterocycles. The third kappa shape index (κ3) is 3.76. The third-order valence-electron chi connectivity index (χ3n) is 4.19. The summed E-state index contributed by atoms with van der Waals surface area (Å²) in [6.45, 7) is 6.78. The van der Waals surface area contributed by atoms with E-state index in [9.17, 15) is 0 Å². The van der Waals surface area contributed by atoms with Gasteiger partial charge in [0.1, 0.15) is 0 Å². The van der Waals surface area contributed by atoms with Gasteiger partial charge in [0, 0.05) is 17.4 Å². The van der Waals surface area contributed by atoms with E-state index in [0.717, 1.165) is 17.1 Å². The average molecular weight is 363 g/mol. The maximum absolute atomic E-state index is 5.39. The average Bonchev–Trinajstić information content (AvgIpc) is 3.09. The highest BCUT2D eigenvalue weighted by atomic mass is 16.7. The van der Waals surface area contributed by atoms with E-state index in [-0.39, 0.29) is 12.2 Å². The minimum atomic E-state index is 0.0115. The first-order chi connectivity index (χ1) is 13.0. The van der Waals surface area contributed by atoms with Gasteiger partial charge >= 0.3 is 0 Å². The van der Waals surface area contributed by atoms with E-state index in [1.54, 1.807) is 6.20 Å². The molecule has 0 fully saturated rings. The van der Waals surface area contributed by atoms with E-state index >= 15 is 0 Å². The third-order valence-corrected chi connectivity index (χ3v) is 4.19. The first kappa shape index (κ1) is 17.1. The Labute approximate surface area is 157 Å². The molecule has 3 aromatic rings. The van der Waals surface area contributed by atoms with Gasteiger partial charge in [0.05, 0.1) is 6.20 Å². The van der Waals surface area contributed by atoms with Crippen LogP contribution >= 0.6 is 0 Å². The van der Waals surface area contributed by atoms with Gasteiger partial charge in [0.2, 0.25) is 12.7 Å². The highest BCUT2D eigenvalue weighted by Crippen LogP contribution is 2.35. The molecule has 0 aliphatic carbocycles. The first-order valence-electron chi connectivity index (χ1n) is 8.72. The normalized spacial score (nSPS) is 12.7. The molecule has 2 aromatic carbocycles. The fraction of sp³-hybridized carbons (Fsp3) is 0.250. The van der Waals surface area contributed by atoms with Crippen molar-refractivity contribution in [3.8, 4) is 11.5 Å². The second-order valence-corrected chi connectivity index (χ2v) is 7.28. The summed E-state index contributed by atoms with van der Waals surface area (Å²) in [6.07, 6.45) is 1.60. The van der Waals surface area contributed by atoms with Crippen molar-refractivity contribution in [1.29, 1.82) is 0 Å². The second kappa shape index (κ2) is 6.75. The van der Waals surface area contributed by atoms with Crippen LogP contribution < -0.4 is 20.1 Å². The summed E-state index contributed by atoms with van der Waals surface area (Å²) in [5.74, 6) is 2.44. The van der Waals surface area contributed by atoms with Gasteiger partial charge in [-0.15, -0.1) is 5.10 Å². The summed E-state index contributed by atoms with van der Waals surface area (Å²) >= 11 is 0. The van der Waals surface area contributed by atoms with Crippen molar-refractivity contribution in [2.45, 2.75) is 26.2 Å². The van der Waals surface area contributed by atoms with E-state index in [1.165, 1.54) is 5.56 Å². The minimum absolute atomic E-state index is 0.0115. The fourth-order valence-electron chi connectivity index (χ4n) is 2.90. The SMILES string of the molecule is CC(C)(C)c1ccccc1Nc1cnnc(Nc2ccc3c(c2)OCO3)n1. The summed E-state index contributed by atoms with van der Waals surface area (Å²) in [6, 6.07) is 13.8. The molecule has 7 heteroatoms. The maximum atomic E-state index is 5.39. The molecule has 2 heterocycles. The zero-order valence-corrected chi connectivity index (χ0v) is 15.5. The lowest BCUT2D eigenvalue weighted by Crippen LogP contribution is -2.14. The van der Waals surface area contributed by atoms with Crippen LogP contribution in [0.15, 0.2) is 48.7 Å². The van der Waals surface area contributed by atoms with Gasteiger partial charge in [0.15, 0.2) is 17.3 Å². The number of benzene rings is 2. The number of aromatic nitrogens is 3. The molecule has 0 saturated carbocycles. The van der Waals surface area contributed by atoms with Crippen LogP contribution in [0, 0.1) is 0 Å². The number of rotatable bonds is 4. The molecule has 0 saturated heterocycles. The Morgan fingerprint density at radius 1 is 0.963 bits per heavy atom. The number of anilines is 4. The number of para-hydroxylation sites is 1. The number of fused-ring (bicyclic) bond motifs is 1. The largest absolute Gasteiger partial charge is 0.454 e. The van der Waals surface area contributed by atoms with E-state index in [2.05, 4.69) is 52.7 Å². The quantitative estimate of drug-likeness (QED) is 0.711. The summed E-state index contributed by atoms with van der Waals surface area (Å²) in [7, 11) is 0. The number of nitrogens with one attached hydrogen (secondary N) is 2. The highest BCUT2D eigenvalue weighted by Gasteiger charge is 2.18. The Morgan fingerprint density at radius 2 is 1.78 bits per heavy atom. The molecular formula is C20H21N5O2. The van der Waals surface area contributed by atoms with E-state index < -0.39 is 0 Å². The number of ether oxygens (including phenoxy) is 2. The standard InChI is InChI=1S/C20H21N5O2/c1-20(2,3)14-6-4-5-7-15(14)23-18-11-21-25-19(24-18)22-13-8-9-16-17(10-13)27-12-26-16/h4-11H,12H2,1-3H3,(H2,22,23,24,25). The molecule has 27 heavy (non-hydrogen) atoms. The molecule has 0 unspecified atom stereocenters. The predicted octanol–water partition coefficient (Wildman–Crippen LogP) is 4.39. The molecule has 0 spiro atoms. The summed E-state index contributed by atoms with van der Waals surface area (Å²) in [4.78, 5) is 4.51. The van der Waals surface area contributed by atoms with Gasteiger partial charge in [-0.1, -0.05) is 39.0 Å². The van der Waals surface area contributed by atoms with Gasteiger partial charge in [0.25, 0.3) is 0 Å². The van der Waals surface area contributed by atoms with Gasteiger partial charge in [-0.05, 0) is 29.2 Å². The molecule has 2 N–H and O–H groups in total. The van der Waals surface area contributed by atoms with Crippen LogP contribution in [0.4, 0.5) is 23.1 Å². The zero-order valence-electron chi connectivity index (χ0n) is 15.5. The Balaban J connectivity index is 1.55. The van der Waals surface area contributed by atoms with Crippen molar-refractivity contribution < 1.29 is 9.47 Å². The highest BCUT2D eigenvalue weighted by molar-refractivity contribution is 5.64. The van der Waals surface area contributed by atoms with Crippen LogP contribution in [0.1, 0.15) is 26.3 Å². The van der Waals surface area contributed by atoms with Crippen molar-refractivity contribution in [3.05, 3.63) is 54.2 Å². The van der Waals surface area contributed by atoms with Gasteiger partial charge < -0.3 is 20.1 Å². The monoisotopic (exact) mass is 363 g/mol. The topological polar surface area (TPSA) is 81.2 Å². The van der Waals surface area contributed by atoms with Gasteiger partial charge in [-0.3, -0.25) is 0 Å². The van der Waals surface area contributed by atoms with Crippen LogP contribution in [0.2, 0.25) is 0 Å². The Bertz CT molecular complexity index is 969. The smallest absolute Gasteiger partial charge is 0.249 e. The van der Waals surface area contributed by atoms with Crippen molar-refractivity contribution in [2.75, 3.05) is 17.4 Å². The lowest BCUT2D eigenvalue weighted by atomic mass is 9.86. The molecule has 0 atom stereocenters. The van der Waals surface area contributed by atoms with E-state index in [4.69, 9.17) is 9.47 Å². The Kier molecular flexibility index (Phi) is 4.27.